The SMILES string of the molecule is C/C=C/C=C/C(=O)N1CCN(c2nnc(-c3cccs3)s2)CC1. The first-order valence-electron chi connectivity index (χ1n) is 7.48. The first-order chi connectivity index (χ1) is 11.3. The van der Waals surface area contributed by atoms with Crippen molar-refractivity contribution >= 4 is 33.7 Å². The molecule has 0 unspecified atom stereocenters. The van der Waals surface area contributed by atoms with E-state index in [-0.39, 0.29) is 5.91 Å². The molecule has 2 aromatic rings. The number of aromatic nitrogens is 2. The summed E-state index contributed by atoms with van der Waals surface area (Å²) in [7, 11) is 0. The van der Waals surface area contributed by atoms with Crippen LogP contribution in [0, 0.1) is 0 Å². The highest BCUT2D eigenvalue weighted by molar-refractivity contribution is 7.22. The largest absolute Gasteiger partial charge is 0.343 e. The maximum atomic E-state index is 12.0. The van der Waals surface area contributed by atoms with Crippen LogP contribution in [0.1, 0.15) is 6.92 Å². The summed E-state index contributed by atoms with van der Waals surface area (Å²) in [5.41, 5.74) is 0. The summed E-state index contributed by atoms with van der Waals surface area (Å²) in [5, 5.41) is 12.5. The number of piperazine rings is 1. The Hall–Kier alpha value is -1.99. The normalized spacial score (nSPS) is 15.9. The number of allylic oxidation sites excluding steroid dienone is 3. The molecule has 1 fully saturated rings. The maximum absolute atomic E-state index is 12.0. The molecule has 7 heteroatoms. The molecule has 5 nitrogen and oxygen atoms in total. The van der Waals surface area contributed by atoms with Crippen molar-refractivity contribution in [3.8, 4) is 9.88 Å². The first-order valence-corrected chi connectivity index (χ1v) is 9.18. The average Bonchev–Trinajstić information content (AvgIpc) is 3.26. The molecule has 0 bridgehead atoms. The van der Waals surface area contributed by atoms with Crippen molar-refractivity contribution in [2.75, 3.05) is 31.1 Å². The fraction of sp³-hybridized carbons (Fsp3) is 0.312. The molecule has 1 aliphatic rings. The molecule has 1 aliphatic heterocycles. The predicted octanol–water partition coefficient (Wildman–Crippen LogP) is 3.05. The number of nitrogens with zero attached hydrogens (tertiary/aromatic N) is 4. The summed E-state index contributed by atoms with van der Waals surface area (Å²) < 4.78 is 0. The Kier molecular flexibility index (Phi) is 5.19. The molecule has 3 heterocycles. The van der Waals surface area contributed by atoms with Crippen molar-refractivity contribution < 1.29 is 4.79 Å². The lowest BCUT2D eigenvalue weighted by atomic mass is 10.3. The van der Waals surface area contributed by atoms with Gasteiger partial charge in [0.05, 0.1) is 4.88 Å². The lowest BCUT2D eigenvalue weighted by Crippen LogP contribution is -2.48. The van der Waals surface area contributed by atoms with E-state index in [0.717, 1.165) is 28.1 Å². The summed E-state index contributed by atoms with van der Waals surface area (Å²) in [5.74, 6) is 0.0688. The van der Waals surface area contributed by atoms with Crippen molar-refractivity contribution in [2.24, 2.45) is 0 Å². The summed E-state index contributed by atoms with van der Waals surface area (Å²) >= 11 is 3.28. The molecule has 0 aromatic carbocycles. The zero-order valence-corrected chi connectivity index (χ0v) is 14.5. The van der Waals surface area contributed by atoms with Crippen LogP contribution in [0.25, 0.3) is 9.88 Å². The van der Waals surface area contributed by atoms with Crippen LogP contribution in [-0.2, 0) is 4.79 Å². The summed E-state index contributed by atoms with van der Waals surface area (Å²) in [6.45, 7) is 4.95. The van der Waals surface area contributed by atoms with Gasteiger partial charge < -0.3 is 9.80 Å². The van der Waals surface area contributed by atoms with Crippen molar-refractivity contribution in [2.45, 2.75) is 6.92 Å². The highest BCUT2D eigenvalue weighted by atomic mass is 32.1. The van der Waals surface area contributed by atoms with E-state index in [4.69, 9.17) is 0 Å². The van der Waals surface area contributed by atoms with E-state index in [9.17, 15) is 4.79 Å². The maximum Gasteiger partial charge on any atom is 0.246 e. The first kappa shape index (κ1) is 15.9. The number of amides is 1. The summed E-state index contributed by atoms with van der Waals surface area (Å²) in [6.07, 6.45) is 7.17. The van der Waals surface area contributed by atoms with Gasteiger partial charge in [-0.15, -0.1) is 21.5 Å². The molecule has 0 atom stereocenters. The van der Waals surface area contributed by atoms with E-state index < -0.39 is 0 Å². The minimum Gasteiger partial charge on any atom is -0.343 e. The summed E-state index contributed by atoms with van der Waals surface area (Å²) in [6, 6.07) is 4.08. The number of hydrogen-bond donors (Lipinski definition) is 0. The minimum atomic E-state index is 0.0688. The Balaban J connectivity index is 1.58. The number of hydrogen-bond acceptors (Lipinski definition) is 6. The molecular weight excluding hydrogens is 328 g/mol. The van der Waals surface area contributed by atoms with Crippen molar-refractivity contribution in [3.63, 3.8) is 0 Å². The molecule has 1 amide bonds. The second-order valence-electron chi connectivity index (χ2n) is 5.06. The zero-order valence-electron chi connectivity index (χ0n) is 12.9. The van der Waals surface area contributed by atoms with Gasteiger partial charge in [-0.25, -0.2) is 0 Å². The highest BCUT2D eigenvalue weighted by Gasteiger charge is 2.22. The Labute approximate surface area is 143 Å². The van der Waals surface area contributed by atoms with E-state index in [1.54, 1.807) is 34.8 Å². The van der Waals surface area contributed by atoms with Gasteiger partial charge >= 0.3 is 0 Å². The number of carbonyl (C=O) groups is 1. The Morgan fingerprint density at radius 3 is 2.74 bits per heavy atom. The topological polar surface area (TPSA) is 49.3 Å². The van der Waals surface area contributed by atoms with Gasteiger partial charge in [0, 0.05) is 32.3 Å². The molecule has 120 valence electrons. The van der Waals surface area contributed by atoms with Gasteiger partial charge in [0.2, 0.25) is 11.0 Å². The van der Waals surface area contributed by atoms with Crippen LogP contribution in [0.4, 0.5) is 5.13 Å². The highest BCUT2D eigenvalue weighted by Crippen LogP contribution is 2.31. The van der Waals surface area contributed by atoms with Gasteiger partial charge in [-0.3, -0.25) is 4.79 Å². The Bertz CT molecular complexity index is 697. The number of carbonyl (C=O) groups excluding carboxylic acids is 1. The van der Waals surface area contributed by atoms with E-state index in [0.29, 0.717) is 13.1 Å². The quantitative estimate of drug-likeness (QED) is 0.631. The molecule has 1 saturated heterocycles. The Morgan fingerprint density at radius 1 is 1.22 bits per heavy atom. The van der Waals surface area contributed by atoms with Crippen LogP contribution < -0.4 is 4.90 Å². The average molecular weight is 346 g/mol. The number of anilines is 1. The number of thiophene rings is 1. The van der Waals surface area contributed by atoms with Crippen molar-refractivity contribution in [1.29, 1.82) is 0 Å². The molecule has 0 N–H and O–H groups in total. The lowest BCUT2D eigenvalue weighted by molar-refractivity contribution is -0.126. The predicted molar refractivity (Wildman–Crippen MR) is 96.0 cm³/mol. The standard InChI is InChI=1S/C16H18N4OS2/c1-2-3-4-7-14(21)19-8-10-20(11-9-19)16-18-17-15(23-16)13-6-5-12-22-13/h2-7,12H,8-11H2,1H3/b3-2+,7-4+. The van der Waals surface area contributed by atoms with Crippen LogP contribution in [0.2, 0.25) is 0 Å². The summed E-state index contributed by atoms with van der Waals surface area (Å²) in [4.78, 5) is 17.3. The third kappa shape index (κ3) is 3.86. The monoisotopic (exact) mass is 346 g/mol. The van der Waals surface area contributed by atoms with Gasteiger partial charge in [-0.1, -0.05) is 35.6 Å². The molecule has 0 aliphatic carbocycles. The number of rotatable bonds is 4. The molecule has 23 heavy (non-hydrogen) atoms. The van der Waals surface area contributed by atoms with Crippen LogP contribution in [0.3, 0.4) is 0 Å². The van der Waals surface area contributed by atoms with Gasteiger partial charge in [-0.05, 0) is 18.4 Å². The lowest BCUT2D eigenvalue weighted by Gasteiger charge is -2.33. The second kappa shape index (κ2) is 7.52. The van der Waals surface area contributed by atoms with Gasteiger partial charge in [0.1, 0.15) is 0 Å². The van der Waals surface area contributed by atoms with Gasteiger partial charge in [-0.2, -0.15) is 0 Å². The van der Waals surface area contributed by atoms with Crippen molar-refractivity contribution in [1.82, 2.24) is 15.1 Å². The second-order valence-corrected chi connectivity index (χ2v) is 6.97. The van der Waals surface area contributed by atoms with Crippen molar-refractivity contribution in [3.05, 3.63) is 41.8 Å². The minimum absolute atomic E-state index is 0.0688. The fourth-order valence-corrected chi connectivity index (χ4v) is 4.00. The van der Waals surface area contributed by atoms with Gasteiger partial charge in [0.15, 0.2) is 5.01 Å². The molecular formula is C16H18N4OS2. The van der Waals surface area contributed by atoms with E-state index in [1.807, 2.05) is 35.4 Å². The molecule has 0 saturated carbocycles. The van der Waals surface area contributed by atoms with E-state index in [1.165, 1.54) is 0 Å². The third-order valence-electron chi connectivity index (χ3n) is 3.55. The molecule has 0 radical (unpaired) electrons. The molecule has 0 spiro atoms. The van der Waals surface area contributed by atoms with Gasteiger partial charge in [0.25, 0.3) is 0 Å². The third-order valence-corrected chi connectivity index (χ3v) is 5.57. The Morgan fingerprint density at radius 2 is 2.04 bits per heavy atom. The van der Waals surface area contributed by atoms with E-state index >= 15 is 0 Å². The molecule has 3 rings (SSSR count). The smallest absolute Gasteiger partial charge is 0.246 e. The zero-order chi connectivity index (χ0) is 16.1. The molecule has 2 aromatic heterocycles. The van der Waals surface area contributed by atoms with Crippen LogP contribution in [0.15, 0.2) is 41.8 Å². The van der Waals surface area contributed by atoms with Crippen LogP contribution >= 0.6 is 22.7 Å². The van der Waals surface area contributed by atoms with Crippen LogP contribution in [-0.4, -0.2) is 47.2 Å². The van der Waals surface area contributed by atoms with E-state index in [2.05, 4.69) is 21.2 Å². The van der Waals surface area contributed by atoms with Crippen LogP contribution in [0.5, 0.6) is 0 Å². The fourth-order valence-electron chi connectivity index (χ4n) is 2.32.